The molecule has 0 spiro atoms. The maximum absolute atomic E-state index is 12.7. The van der Waals surface area contributed by atoms with Crippen LogP contribution in [0.1, 0.15) is 36.2 Å². The minimum atomic E-state index is -4.44. The molecular formula is C15H20ClF3N2O. The van der Waals surface area contributed by atoms with Gasteiger partial charge in [0.25, 0.3) is 5.91 Å². The summed E-state index contributed by atoms with van der Waals surface area (Å²) in [4.78, 5) is 12.2. The average molecular weight is 337 g/mol. The monoisotopic (exact) mass is 336 g/mol. The van der Waals surface area contributed by atoms with Crippen LogP contribution in [0.4, 0.5) is 13.2 Å². The van der Waals surface area contributed by atoms with Crippen molar-refractivity contribution < 1.29 is 18.0 Å². The fourth-order valence-corrected chi connectivity index (χ4v) is 2.68. The summed E-state index contributed by atoms with van der Waals surface area (Å²) in [7, 11) is 0. The van der Waals surface area contributed by atoms with E-state index in [1.807, 2.05) is 13.8 Å². The van der Waals surface area contributed by atoms with E-state index >= 15 is 0 Å². The Morgan fingerprint density at radius 3 is 2.59 bits per heavy atom. The standard InChI is InChI=1S/C15H19F3N2O.ClH/c1-9-6-7-19-10(2)13(9)20-14(21)11-4-3-5-12(8-11)15(16,17)18;/h3-5,8-10,13,19H,6-7H2,1-2H3,(H,20,21);1H. The molecule has 0 radical (unpaired) electrons. The normalized spacial score (nSPS) is 25.2. The summed E-state index contributed by atoms with van der Waals surface area (Å²) in [5.74, 6) is -0.176. The molecule has 3 unspecified atom stereocenters. The van der Waals surface area contributed by atoms with E-state index in [-0.39, 0.29) is 36.0 Å². The van der Waals surface area contributed by atoms with Gasteiger partial charge in [-0.2, -0.15) is 13.2 Å². The minimum absolute atomic E-state index is 0. The Balaban J connectivity index is 0.00000242. The Bertz CT molecular complexity index is 512. The van der Waals surface area contributed by atoms with Crippen molar-refractivity contribution in [2.24, 2.45) is 5.92 Å². The van der Waals surface area contributed by atoms with E-state index < -0.39 is 17.6 Å². The average Bonchev–Trinajstić information content (AvgIpc) is 2.42. The van der Waals surface area contributed by atoms with Gasteiger partial charge >= 0.3 is 6.18 Å². The van der Waals surface area contributed by atoms with Crippen LogP contribution >= 0.6 is 12.4 Å². The number of benzene rings is 1. The molecular weight excluding hydrogens is 317 g/mol. The molecule has 1 amide bonds. The van der Waals surface area contributed by atoms with Crippen LogP contribution in [0.5, 0.6) is 0 Å². The highest BCUT2D eigenvalue weighted by Crippen LogP contribution is 2.29. The Morgan fingerprint density at radius 2 is 2.00 bits per heavy atom. The number of carbonyl (C=O) groups excluding carboxylic acids is 1. The zero-order valence-corrected chi connectivity index (χ0v) is 13.2. The van der Waals surface area contributed by atoms with Crippen molar-refractivity contribution in [2.45, 2.75) is 38.5 Å². The number of carbonyl (C=O) groups is 1. The number of piperidine rings is 1. The zero-order valence-electron chi connectivity index (χ0n) is 12.4. The lowest BCUT2D eigenvalue weighted by molar-refractivity contribution is -0.137. The third kappa shape index (κ3) is 4.36. The first-order chi connectivity index (χ1) is 9.79. The topological polar surface area (TPSA) is 41.1 Å². The minimum Gasteiger partial charge on any atom is -0.347 e. The number of rotatable bonds is 2. The Kier molecular flexibility index (Phi) is 6.26. The van der Waals surface area contributed by atoms with Gasteiger partial charge in [0, 0.05) is 17.6 Å². The smallest absolute Gasteiger partial charge is 0.347 e. The number of hydrogen-bond acceptors (Lipinski definition) is 2. The highest BCUT2D eigenvalue weighted by Gasteiger charge is 2.32. The number of halogens is 4. The summed E-state index contributed by atoms with van der Waals surface area (Å²) in [6.07, 6.45) is -3.51. The van der Waals surface area contributed by atoms with Gasteiger partial charge in [0.2, 0.25) is 0 Å². The van der Waals surface area contributed by atoms with Gasteiger partial charge in [-0.15, -0.1) is 12.4 Å². The molecule has 0 aliphatic carbocycles. The molecule has 1 aliphatic rings. The van der Waals surface area contributed by atoms with Gasteiger partial charge in [-0.05, 0) is 44.0 Å². The first-order valence-corrected chi connectivity index (χ1v) is 7.00. The van der Waals surface area contributed by atoms with E-state index in [4.69, 9.17) is 0 Å². The van der Waals surface area contributed by atoms with Gasteiger partial charge in [0.15, 0.2) is 0 Å². The second kappa shape index (κ2) is 7.33. The molecule has 0 saturated carbocycles. The lowest BCUT2D eigenvalue weighted by Crippen LogP contribution is -2.55. The summed E-state index contributed by atoms with van der Waals surface area (Å²) in [6, 6.07) is 4.52. The van der Waals surface area contributed by atoms with Crippen molar-refractivity contribution in [1.82, 2.24) is 10.6 Å². The van der Waals surface area contributed by atoms with Crippen molar-refractivity contribution in [1.29, 1.82) is 0 Å². The molecule has 2 rings (SSSR count). The molecule has 124 valence electrons. The van der Waals surface area contributed by atoms with Crippen molar-refractivity contribution in [3.63, 3.8) is 0 Å². The third-order valence-electron chi connectivity index (χ3n) is 3.97. The first kappa shape index (κ1) is 18.8. The van der Waals surface area contributed by atoms with Crippen LogP contribution in [0.3, 0.4) is 0 Å². The molecule has 7 heteroatoms. The van der Waals surface area contributed by atoms with Crippen LogP contribution < -0.4 is 10.6 Å². The second-order valence-electron chi connectivity index (χ2n) is 5.59. The summed E-state index contributed by atoms with van der Waals surface area (Å²) in [5.41, 5.74) is -0.771. The predicted octanol–water partition coefficient (Wildman–Crippen LogP) is 3.24. The van der Waals surface area contributed by atoms with Crippen LogP contribution in [0.25, 0.3) is 0 Å². The first-order valence-electron chi connectivity index (χ1n) is 7.00. The SMILES string of the molecule is CC1CCNC(C)C1NC(=O)c1cccc(C(F)(F)F)c1.Cl. The van der Waals surface area contributed by atoms with Crippen molar-refractivity contribution in [3.05, 3.63) is 35.4 Å². The van der Waals surface area contributed by atoms with Crippen molar-refractivity contribution in [3.8, 4) is 0 Å². The van der Waals surface area contributed by atoms with Gasteiger partial charge in [0.1, 0.15) is 0 Å². The molecule has 0 aromatic heterocycles. The van der Waals surface area contributed by atoms with E-state index in [0.717, 1.165) is 25.1 Å². The quantitative estimate of drug-likeness (QED) is 0.870. The third-order valence-corrected chi connectivity index (χ3v) is 3.97. The van der Waals surface area contributed by atoms with Crippen molar-refractivity contribution in [2.75, 3.05) is 6.54 Å². The van der Waals surface area contributed by atoms with Gasteiger partial charge in [-0.25, -0.2) is 0 Å². The van der Waals surface area contributed by atoms with Crippen LogP contribution in [0.2, 0.25) is 0 Å². The molecule has 2 N–H and O–H groups in total. The van der Waals surface area contributed by atoms with Gasteiger partial charge in [0.05, 0.1) is 5.56 Å². The number of alkyl halides is 3. The lowest BCUT2D eigenvalue weighted by atomic mass is 9.89. The molecule has 3 atom stereocenters. The number of hydrogen-bond donors (Lipinski definition) is 2. The fourth-order valence-electron chi connectivity index (χ4n) is 2.68. The largest absolute Gasteiger partial charge is 0.416 e. The lowest BCUT2D eigenvalue weighted by Gasteiger charge is -2.36. The Hall–Kier alpha value is -1.27. The van der Waals surface area contributed by atoms with E-state index in [0.29, 0.717) is 0 Å². The molecule has 1 aromatic rings. The fraction of sp³-hybridized carbons (Fsp3) is 0.533. The summed E-state index contributed by atoms with van der Waals surface area (Å²) in [5, 5.41) is 6.10. The van der Waals surface area contributed by atoms with Gasteiger partial charge in [-0.3, -0.25) is 4.79 Å². The maximum atomic E-state index is 12.7. The van der Waals surface area contributed by atoms with E-state index in [1.54, 1.807) is 0 Å². The molecule has 1 fully saturated rings. The molecule has 0 bridgehead atoms. The van der Waals surface area contributed by atoms with Crippen LogP contribution in [0.15, 0.2) is 24.3 Å². The summed E-state index contributed by atoms with van der Waals surface area (Å²) < 4.78 is 38.0. The van der Waals surface area contributed by atoms with Gasteiger partial charge in [-0.1, -0.05) is 13.0 Å². The summed E-state index contributed by atoms with van der Waals surface area (Å²) in [6.45, 7) is 4.89. The van der Waals surface area contributed by atoms with Crippen LogP contribution in [0, 0.1) is 5.92 Å². The Labute approximate surface area is 134 Å². The van der Waals surface area contributed by atoms with E-state index in [2.05, 4.69) is 10.6 Å². The predicted molar refractivity (Wildman–Crippen MR) is 81.2 cm³/mol. The Morgan fingerprint density at radius 1 is 1.32 bits per heavy atom. The van der Waals surface area contributed by atoms with E-state index in [9.17, 15) is 18.0 Å². The van der Waals surface area contributed by atoms with Crippen LogP contribution in [-0.2, 0) is 6.18 Å². The molecule has 1 heterocycles. The highest BCUT2D eigenvalue weighted by molar-refractivity contribution is 5.94. The van der Waals surface area contributed by atoms with Gasteiger partial charge < -0.3 is 10.6 Å². The molecule has 1 aliphatic heterocycles. The molecule has 1 aromatic carbocycles. The van der Waals surface area contributed by atoms with Crippen molar-refractivity contribution >= 4 is 18.3 Å². The number of amides is 1. The highest BCUT2D eigenvalue weighted by atomic mass is 35.5. The molecule has 3 nitrogen and oxygen atoms in total. The zero-order chi connectivity index (χ0) is 15.6. The molecule has 1 saturated heterocycles. The van der Waals surface area contributed by atoms with E-state index in [1.165, 1.54) is 12.1 Å². The second-order valence-corrected chi connectivity index (χ2v) is 5.59. The summed E-state index contributed by atoms with van der Waals surface area (Å²) >= 11 is 0. The maximum Gasteiger partial charge on any atom is 0.416 e. The molecule has 22 heavy (non-hydrogen) atoms. The van der Waals surface area contributed by atoms with Crippen LogP contribution in [-0.4, -0.2) is 24.5 Å². The number of nitrogens with one attached hydrogen (secondary N) is 2.